The maximum Gasteiger partial charge on any atom is 0.199 e. The number of rotatable bonds is 3. The molecule has 0 aliphatic carbocycles. The number of hydrogen-bond acceptors (Lipinski definition) is 5. The number of ether oxygens (including phenoxy) is 1. The predicted octanol–water partition coefficient (Wildman–Crippen LogP) is 0.779. The summed E-state index contributed by atoms with van der Waals surface area (Å²) in [5.74, 6) is 0. The molecule has 2 atom stereocenters. The van der Waals surface area contributed by atoms with E-state index in [0.29, 0.717) is 6.54 Å². The second-order valence-electron chi connectivity index (χ2n) is 6.58. The lowest BCUT2D eigenvalue weighted by Gasteiger charge is -2.30. The Morgan fingerprint density at radius 1 is 1.12 bits per heavy atom. The molecule has 0 N–H and O–H groups in total. The van der Waals surface area contributed by atoms with Crippen molar-refractivity contribution in [3.8, 4) is 6.19 Å². The minimum Gasteiger partial charge on any atom is -0.378 e. The summed E-state index contributed by atoms with van der Waals surface area (Å²) in [6.45, 7) is 6.27. The molecule has 8 heteroatoms. The largest absolute Gasteiger partial charge is 0.378 e. The molecule has 25 heavy (non-hydrogen) atoms. The van der Waals surface area contributed by atoms with E-state index in [-0.39, 0.29) is 6.04 Å². The molecule has 134 valence electrons. The molecular formula is C17H23N5O2S. The predicted molar refractivity (Wildman–Crippen MR) is 97.3 cm³/mol. The van der Waals surface area contributed by atoms with E-state index < -0.39 is 11.2 Å². The third-order valence-electron chi connectivity index (χ3n) is 5.12. The normalized spacial score (nSPS) is 27.7. The second kappa shape index (κ2) is 7.20. The molecule has 2 unspecified atom stereocenters. The Bertz CT molecular complexity index is 688. The molecule has 0 saturated carbocycles. The number of nitriles is 1. The van der Waals surface area contributed by atoms with Crippen LogP contribution in [0, 0.1) is 11.5 Å². The highest BCUT2D eigenvalue weighted by Gasteiger charge is 2.37. The van der Waals surface area contributed by atoms with Gasteiger partial charge in [-0.3, -0.25) is 4.31 Å². The smallest absolute Gasteiger partial charge is 0.199 e. The van der Waals surface area contributed by atoms with E-state index in [4.69, 9.17) is 10.00 Å². The van der Waals surface area contributed by atoms with E-state index in [1.165, 1.54) is 0 Å². The van der Waals surface area contributed by atoms with Crippen LogP contribution in [0.4, 0.5) is 11.4 Å². The summed E-state index contributed by atoms with van der Waals surface area (Å²) in [7, 11) is 0. The highest BCUT2D eigenvalue weighted by Crippen LogP contribution is 2.29. The Labute approximate surface area is 151 Å². The third kappa shape index (κ3) is 3.32. The summed E-state index contributed by atoms with van der Waals surface area (Å²) in [5, 5.41) is 9.03. The molecule has 0 bridgehead atoms. The lowest BCUT2D eigenvalue weighted by Crippen LogP contribution is -2.37. The number of likely N-dealkylation sites (tertiary alicyclic amines) is 1. The van der Waals surface area contributed by atoms with Gasteiger partial charge in [-0.1, -0.05) is 6.07 Å². The zero-order valence-corrected chi connectivity index (χ0v) is 15.0. The fraction of sp³-hybridized carbons (Fsp3) is 0.588. The Kier molecular flexibility index (Phi) is 4.79. The van der Waals surface area contributed by atoms with Crippen LogP contribution in [0.1, 0.15) is 6.42 Å². The quantitative estimate of drug-likeness (QED) is 0.745. The van der Waals surface area contributed by atoms with Gasteiger partial charge in [-0.2, -0.15) is 9.57 Å². The minimum absolute atomic E-state index is 0.202. The van der Waals surface area contributed by atoms with Crippen LogP contribution >= 0.6 is 0 Å². The zero-order chi connectivity index (χ0) is 17.2. The maximum absolute atomic E-state index is 13.0. The molecule has 0 amide bonds. The van der Waals surface area contributed by atoms with Gasteiger partial charge in [0.25, 0.3) is 0 Å². The van der Waals surface area contributed by atoms with Crippen LogP contribution in [-0.4, -0.2) is 71.9 Å². The Morgan fingerprint density at radius 2 is 1.92 bits per heavy atom. The van der Waals surface area contributed by atoms with Crippen molar-refractivity contribution in [1.82, 2.24) is 9.21 Å². The van der Waals surface area contributed by atoms with Gasteiger partial charge < -0.3 is 14.5 Å². The Balaban J connectivity index is 1.47. The lowest BCUT2D eigenvalue weighted by atomic mass is 10.2. The highest BCUT2D eigenvalue weighted by atomic mass is 32.2. The molecule has 1 aromatic carbocycles. The van der Waals surface area contributed by atoms with Gasteiger partial charge in [0.05, 0.1) is 18.9 Å². The summed E-state index contributed by atoms with van der Waals surface area (Å²) in [6, 6.07) is 8.50. The fourth-order valence-corrected chi connectivity index (χ4v) is 5.19. The van der Waals surface area contributed by atoms with Crippen molar-refractivity contribution in [3.63, 3.8) is 0 Å². The molecule has 3 aliphatic heterocycles. The van der Waals surface area contributed by atoms with Crippen LogP contribution in [0.2, 0.25) is 0 Å². The summed E-state index contributed by atoms with van der Waals surface area (Å²) in [6.07, 6.45) is 3.10. The van der Waals surface area contributed by atoms with Gasteiger partial charge in [0.15, 0.2) is 17.4 Å². The van der Waals surface area contributed by atoms with Crippen molar-refractivity contribution < 1.29 is 8.95 Å². The first-order valence-electron chi connectivity index (χ1n) is 8.80. The molecular weight excluding hydrogens is 338 g/mol. The van der Waals surface area contributed by atoms with Crippen LogP contribution in [0.5, 0.6) is 0 Å². The van der Waals surface area contributed by atoms with Crippen LogP contribution in [-0.2, 0) is 15.9 Å². The monoisotopic (exact) mass is 361 g/mol. The third-order valence-corrected chi connectivity index (χ3v) is 6.77. The van der Waals surface area contributed by atoms with E-state index in [1.54, 1.807) is 4.90 Å². The number of benzene rings is 1. The van der Waals surface area contributed by atoms with Crippen LogP contribution in [0.15, 0.2) is 24.3 Å². The summed E-state index contributed by atoms with van der Waals surface area (Å²) in [5.41, 5.74) is 2.16. The van der Waals surface area contributed by atoms with Crippen LogP contribution in [0.25, 0.3) is 0 Å². The van der Waals surface area contributed by atoms with Gasteiger partial charge >= 0.3 is 0 Å². The van der Waals surface area contributed by atoms with E-state index >= 15 is 0 Å². The van der Waals surface area contributed by atoms with Crippen molar-refractivity contribution in [2.75, 3.05) is 61.7 Å². The van der Waals surface area contributed by atoms with E-state index in [2.05, 4.69) is 23.2 Å². The van der Waals surface area contributed by atoms with Gasteiger partial charge in [-0.15, -0.1) is 0 Å². The van der Waals surface area contributed by atoms with Crippen LogP contribution in [0.3, 0.4) is 0 Å². The van der Waals surface area contributed by atoms with Crippen molar-refractivity contribution in [2.24, 2.45) is 0 Å². The molecule has 3 saturated heterocycles. The van der Waals surface area contributed by atoms with Crippen molar-refractivity contribution in [3.05, 3.63) is 24.3 Å². The lowest BCUT2D eigenvalue weighted by molar-refractivity contribution is 0.122. The van der Waals surface area contributed by atoms with E-state index in [0.717, 1.165) is 63.7 Å². The number of morpholine rings is 1. The average Bonchev–Trinajstić information content (AvgIpc) is 3.29. The average molecular weight is 361 g/mol. The second-order valence-corrected chi connectivity index (χ2v) is 7.95. The van der Waals surface area contributed by atoms with Gasteiger partial charge in [-0.05, 0) is 24.6 Å². The van der Waals surface area contributed by atoms with Crippen LogP contribution < -0.4 is 9.21 Å². The standard InChI is InChI=1S/C17H23N5O2S/c18-14-19-5-4-17(13-19)22-7-6-21(25(22)23)16-3-1-2-15(12-16)20-8-10-24-11-9-20/h1-3,12,17H,4-11,13H2. The number of hydrogen-bond donors (Lipinski definition) is 0. The maximum atomic E-state index is 13.0. The minimum atomic E-state index is -1.18. The van der Waals surface area contributed by atoms with Crippen molar-refractivity contribution >= 4 is 22.5 Å². The number of nitrogens with zero attached hydrogens (tertiary/aromatic N) is 5. The van der Waals surface area contributed by atoms with Crippen molar-refractivity contribution in [1.29, 1.82) is 5.26 Å². The molecule has 3 aliphatic rings. The van der Waals surface area contributed by atoms with Gasteiger partial charge in [0.2, 0.25) is 0 Å². The van der Waals surface area contributed by atoms with E-state index in [9.17, 15) is 4.21 Å². The molecule has 1 aromatic rings. The number of anilines is 2. The van der Waals surface area contributed by atoms with E-state index in [1.807, 2.05) is 20.7 Å². The Hall–Kier alpha value is -1.82. The first-order chi connectivity index (χ1) is 12.3. The van der Waals surface area contributed by atoms with Gasteiger partial charge in [-0.25, -0.2) is 4.21 Å². The van der Waals surface area contributed by atoms with Crippen molar-refractivity contribution in [2.45, 2.75) is 12.5 Å². The first-order valence-corrected chi connectivity index (χ1v) is 9.86. The SMILES string of the molecule is N#CN1CCC(N2CCN(c3cccc(N4CCOCC4)c3)S2=O)C1. The molecule has 0 radical (unpaired) electrons. The molecule has 3 heterocycles. The highest BCUT2D eigenvalue weighted by molar-refractivity contribution is 7.84. The van der Waals surface area contributed by atoms with Gasteiger partial charge in [0.1, 0.15) is 0 Å². The summed E-state index contributed by atoms with van der Waals surface area (Å²) >= 11 is -1.18. The zero-order valence-electron chi connectivity index (χ0n) is 14.2. The summed E-state index contributed by atoms with van der Waals surface area (Å²) < 4.78 is 22.4. The topological polar surface area (TPSA) is 63.1 Å². The summed E-state index contributed by atoms with van der Waals surface area (Å²) in [4.78, 5) is 4.06. The molecule has 0 spiro atoms. The first kappa shape index (κ1) is 16.6. The van der Waals surface area contributed by atoms with Gasteiger partial charge in [0, 0.05) is 51.0 Å². The molecule has 3 fully saturated rings. The fourth-order valence-electron chi connectivity index (χ4n) is 3.74. The molecule has 0 aromatic heterocycles. The molecule has 7 nitrogen and oxygen atoms in total. The Morgan fingerprint density at radius 3 is 2.68 bits per heavy atom. The molecule has 4 rings (SSSR count).